The van der Waals surface area contributed by atoms with E-state index in [0.29, 0.717) is 34.3 Å². The lowest BCUT2D eigenvalue weighted by Gasteiger charge is -2.33. The Kier molecular flexibility index (Phi) is 6.65. The van der Waals surface area contributed by atoms with Crippen LogP contribution in [0.2, 0.25) is 0 Å². The zero-order valence-corrected chi connectivity index (χ0v) is 18.6. The number of ether oxygens (including phenoxy) is 8. The molecule has 1 aliphatic heterocycles. The molecule has 2 aromatic rings. The van der Waals surface area contributed by atoms with E-state index in [2.05, 4.69) is 0 Å². The highest BCUT2D eigenvalue weighted by molar-refractivity contribution is 6.05. The summed E-state index contributed by atoms with van der Waals surface area (Å²) in [7, 11) is 10.4. The van der Waals surface area contributed by atoms with E-state index in [1.165, 1.54) is 49.8 Å². The molecule has 0 N–H and O–H groups in total. The van der Waals surface area contributed by atoms with Gasteiger partial charge in [0.2, 0.25) is 17.2 Å². The summed E-state index contributed by atoms with van der Waals surface area (Å²) >= 11 is 0. The Morgan fingerprint density at radius 3 is 1.65 bits per heavy atom. The predicted octanol–water partition coefficient (Wildman–Crippen LogP) is 3.07. The molecule has 2 aromatic carbocycles. The van der Waals surface area contributed by atoms with Crippen molar-refractivity contribution in [3.63, 3.8) is 0 Å². The second-order valence-corrected chi connectivity index (χ2v) is 6.54. The van der Waals surface area contributed by atoms with Crippen LogP contribution < -0.4 is 33.2 Å². The molecular weight excluding hydrogens is 408 g/mol. The van der Waals surface area contributed by atoms with Gasteiger partial charge < -0.3 is 37.9 Å². The molecule has 0 radical (unpaired) electrons. The van der Waals surface area contributed by atoms with E-state index in [0.717, 1.165) is 0 Å². The third-order valence-electron chi connectivity index (χ3n) is 5.10. The monoisotopic (exact) mass is 434 g/mol. The molecule has 0 aromatic heterocycles. The van der Waals surface area contributed by atoms with E-state index in [9.17, 15) is 4.79 Å². The minimum Gasteiger partial charge on any atom is -0.493 e. The molecule has 9 heteroatoms. The summed E-state index contributed by atoms with van der Waals surface area (Å²) in [4.78, 5) is 13.4. The number of benzene rings is 2. The maximum absolute atomic E-state index is 13.4. The molecule has 2 atom stereocenters. The molecule has 0 fully saturated rings. The minimum absolute atomic E-state index is 0.234. The predicted molar refractivity (Wildman–Crippen MR) is 111 cm³/mol. The Morgan fingerprint density at radius 1 is 0.677 bits per heavy atom. The Hall–Kier alpha value is -3.33. The average molecular weight is 434 g/mol. The first-order chi connectivity index (χ1) is 15.0. The summed E-state index contributed by atoms with van der Waals surface area (Å²) in [6.45, 7) is 0. The molecule has 0 spiro atoms. The van der Waals surface area contributed by atoms with Gasteiger partial charge in [-0.05, 0) is 18.2 Å². The van der Waals surface area contributed by atoms with Crippen molar-refractivity contribution >= 4 is 5.78 Å². The van der Waals surface area contributed by atoms with Gasteiger partial charge >= 0.3 is 0 Å². The summed E-state index contributed by atoms with van der Waals surface area (Å²) in [6.07, 6.45) is -1.75. The Labute approximate surface area is 180 Å². The number of hydrogen-bond donors (Lipinski definition) is 0. The number of fused-ring (bicyclic) bond motifs is 1. The molecule has 0 saturated carbocycles. The molecular formula is C22H26O9. The van der Waals surface area contributed by atoms with Crippen LogP contribution in [-0.2, 0) is 4.74 Å². The fourth-order valence-corrected chi connectivity index (χ4v) is 3.65. The van der Waals surface area contributed by atoms with Gasteiger partial charge in [-0.15, -0.1) is 0 Å². The second kappa shape index (κ2) is 9.22. The van der Waals surface area contributed by atoms with Crippen LogP contribution in [-0.4, -0.2) is 61.7 Å². The molecule has 0 amide bonds. The van der Waals surface area contributed by atoms with Crippen molar-refractivity contribution in [1.29, 1.82) is 0 Å². The van der Waals surface area contributed by atoms with Crippen LogP contribution in [0.4, 0.5) is 0 Å². The fraction of sp³-hybridized carbons (Fsp3) is 0.409. The number of Topliss-reactive ketones (excluding diaryl/α,β-unsaturated/α-hetero) is 1. The molecule has 1 heterocycles. The summed E-state index contributed by atoms with van der Waals surface area (Å²) in [5.74, 6) is 2.12. The van der Waals surface area contributed by atoms with Gasteiger partial charge in [-0.25, -0.2) is 0 Å². The molecule has 9 nitrogen and oxygen atoms in total. The lowest BCUT2D eigenvalue weighted by Crippen LogP contribution is -2.38. The van der Waals surface area contributed by atoms with E-state index in [1.807, 2.05) is 0 Å². The maximum Gasteiger partial charge on any atom is 0.208 e. The van der Waals surface area contributed by atoms with Crippen molar-refractivity contribution in [2.24, 2.45) is 0 Å². The van der Waals surface area contributed by atoms with Gasteiger partial charge in [0.15, 0.2) is 41.0 Å². The van der Waals surface area contributed by atoms with Crippen molar-refractivity contribution < 1.29 is 42.7 Å². The molecule has 2 unspecified atom stereocenters. The topological polar surface area (TPSA) is 90.9 Å². The first-order valence-electron chi connectivity index (χ1n) is 9.35. The zero-order valence-electron chi connectivity index (χ0n) is 18.6. The highest BCUT2D eigenvalue weighted by atomic mass is 16.6. The molecule has 3 rings (SSSR count). The zero-order chi connectivity index (χ0) is 22.7. The third kappa shape index (κ3) is 3.65. The van der Waals surface area contributed by atoms with E-state index >= 15 is 0 Å². The van der Waals surface area contributed by atoms with Crippen LogP contribution >= 0.6 is 0 Å². The Bertz CT molecular complexity index is 945. The third-order valence-corrected chi connectivity index (χ3v) is 5.10. The summed E-state index contributed by atoms with van der Waals surface area (Å²) < 4.78 is 44.4. The first-order valence-corrected chi connectivity index (χ1v) is 9.35. The highest BCUT2D eigenvalue weighted by Crippen LogP contribution is 2.52. The van der Waals surface area contributed by atoms with Gasteiger partial charge in [0.1, 0.15) is 0 Å². The van der Waals surface area contributed by atoms with Crippen LogP contribution in [0.3, 0.4) is 0 Å². The molecule has 0 saturated heterocycles. The van der Waals surface area contributed by atoms with Gasteiger partial charge in [0.05, 0.1) is 48.2 Å². The smallest absolute Gasteiger partial charge is 0.208 e. The van der Waals surface area contributed by atoms with Gasteiger partial charge in [-0.1, -0.05) is 0 Å². The van der Waals surface area contributed by atoms with Crippen LogP contribution in [0, 0.1) is 0 Å². The Balaban J connectivity index is 2.21. The van der Waals surface area contributed by atoms with Gasteiger partial charge in [0.25, 0.3) is 0 Å². The van der Waals surface area contributed by atoms with E-state index in [1.54, 1.807) is 18.2 Å². The summed E-state index contributed by atoms with van der Waals surface area (Å²) in [5.41, 5.74) is 0.863. The molecule has 0 bridgehead atoms. The summed E-state index contributed by atoms with van der Waals surface area (Å²) in [5, 5.41) is 0. The van der Waals surface area contributed by atoms with E-state index in [-0.39, 0.29) is 22.8 Å². The standard InChI is InChI=1S/C22H26O9/c1-24-13-8-11(9-14(25-2)19(13)27-4)17-21(29-6)16(23)12-10-15(26-3)20(28-5)22(30-7)18(12)31-17/h8-10,17,21H,1-7H3. The first kappa shape index (κ1) is 22.4. The number of ketones is 1. The van der Waals surface area contributed by atoms with E-state index < -0.39 is 12.2 Å². The van der Waals surface area contributed by atoms with E-state index in [4.69, 9.17) is 37.9 Å². The number of rotatable bonds is 8. The van der Waals surface area contributed by atoms with Gasteiger partial charge in [-0.3, -0.25) is 4.79 Å². The second-order valence-electron chi connectivity index (χ2n) is 6.54. The van der Waals surface area contributed by atoms with Gasteiger partial charge in [-0.2, -0.15) is 0 Å². The lowest BCUT2D eigenvalue weighted by atomic mass is 9.92. The molecule has 1 aliphatic rings. The van der Waals surface area contributed by atoms with Crippen molar-refractivity contribution in [1.82, 2.24) is 0 Å². The SMILES string of the molecule is COc1cc(C2Oc3c(cc(OC)c(OC)c3OC)C(=O)C2OC)cc(OC)c1OC. The quantitative estimate of drug-likeness (QED) is 0.622. The Morgan fingerprint density at radius 2 is 1.19 bits per heavy atom. The van der Waals surface area contributed by atoms with Crippen molar-refractivity contribution in [3.05, 3.63) is 29.3 Å². The maximum atomic E-state index is 13.4. The van der Waals surface area contributed by atoms with Crippen molar-refractivity contribution in [3.8, 4) is 40.2 Å². The number of carbonyl (C=O) groups is 1. The number of methoxy groups -OCH3 is 7. The summed E-state index contributed by atoms with van der Waals surface area (Å²) in [6, 6.07) is 4.98. The number of hydrogen-bond acceptors (Lipinski definition) is 9. The van der Waals surface area contributed by atoms with Crippen LogP contribution in [0.1, 0.15) is 22.0 Å². The van der Waals surface area contributed by atoms with Crippen LogP contribution in [0.15, 0.2) is 18.2 Å². The van der Waals surface area contributed by atoms with Crippen molar-refractivity contribution in [2.75, 3.05) is 49.8 Å². The molecule has 0 aliphatic carbocycles. The van der Waals surface area contributed by atoms with Crippen LogP contribution in [0.25, 0.3) is 0 Å². The minimum atomic E-state index is -0.932. The normalized spacial score (nSPS) is 17.3. The fourth-order valence-electron chi connectivity index (χ4n) is 3.65. The largest absolute Gasteiger partial charge is 0.493 e. The highest BCUT2D eigenvalue weighted by Gasteiger charge is 2.42. The molecule has 31 heavy (non-hydrogen) atoms. The lowest BCUT2D eigenvalue weighted by molar-refractivity contribution is -0.00199. The van der Waals surface area contributed by atoms with Crippen LogP contribution in [0.5, 0.6) is 40.2 Å². The van der Waals surface area contributed by atoms with Crippen molar-refractivity contribution in [2.45, 2.75) is 12.2 Å². The van der Waals surface area contributed by atoms with Gasteiger partial charge in [0, 0.05) is 12.7 Å². The molecule has 168 valence electrons. The number of carbonyl (C=O) groups excluding carboxylic acids is 1. The average Bonchev–Trinajstić information content (AvgIpc) is 2.81.